The normalized spacial score (nSPS) is 21.9. The third-order valence-corrected chi connectivity index (χ3v) is 4.37. The number of likely N-dealkylation sites (tertiary alicyclic amines) is 1. The second kappa shape index (κ2) is 7.25. The molecule has 1 aliphatic heterocycles. The van der Waals surface area contributed by atoms with Gasteiger partial charge in [0.25, 0.3) is 0 Å². The summed E-state index contributed by atoms with van der Waals surface area (Å²) in [7, 11) is 0. The van der Waals surface area contributed by atoms with Gasteiger partial charge in [-0.2, -0.15) is 0 Å². The number of anilines is 1. The van der Waals surface area contributed by atoms with E-state index in [1.54, 1.807) is 6.92 Å². The van der Waals surface area contributed by atoms with Crippen molar-refractivity contribution in [2.45, 2.75) is 33.1 Å². The zero-order chi connectivity index (χ0) is 15.2. The van der Waals surface area contributed by atoms with Crippen molar-refractivity contribution in [3.63, 3.8) is 0 Å². The maximum Gasteiger partial charge on any atom is 0.224 e. The molecule has 2 rings (SSSR count). The van der Waals surface area contributed by atoms with Crippen molar-refractivity contribution in [2.75, 3.05) is 18.4 Å². The molecule has 21 heavy (non-hydrogen) atoms. The maximum atomic E-state index is 12.2. The number of amides is 2. The predicted molar refractivity (Wildman–Crippen MR) is 83.8 cm³/mol. The van der Waals surface area contributed by atoms with Crippen molar-refractivity contribution in [1.82, 2.24) is 4.90 Å². The van der Waals surface area contributed by atoms with Crippen LogP contribution in [0.3, 0.4) is 0 Å². The molecule has 1 fully saturated rings. The van der Waals surface area contributed by atoms with Crippen molar-refractivity contribution < 1.29 is 9.59 Å². The number of nitrogens with one attached hydrogen (secondary N) is 1. The summed E-state index contributed by atoms with van der Waals surface area (Å²) < 4.78 is 0. The molecule has 2 atom stereocenters. The summed E-state index contributed by atoms with van der Waals surface area (Å²) in [6.07, 6.45) is 2.46. The highest BCUT2D eigenvalue weighted by atomic mass is 16.2. The molecule has 0 bridgehead atoms. The van der Waals surface area contributed by atoms with E-state index in [9.17, 15) is 9.59 Å². The van der Waals surface area contributed by atoms with Crippen molar-refractivity contribution in [1.29, 1.82) is 0 Å². The summed E-state index contributed by atoms with van der Waals surface area (Å²) in [5, 5.41) is 2.95. The lowest BCUT2D eigenvalue weighted by atomic mass is 9.81. The Morgan fingerprint density at radius 2 is 1.95 bits per heavy atom. The first-order chi connectivity index (χ1) is 10.1. The van der Waals surface area contributed by atoms with Crippen LogP contribution < -0.4 is 5.32 Å². The van der Waals surface area contributed by atoms with Gasteiger partial charge in [-0.15, -0.1) is 0 Å². The molecular weight excluding hydrogens is 264 g/mol. The number of rotatable bonds is 4. The summed E-state index contributed by atoms with van der Waals surface area (Å²) >= 11 is 0. The van der Waals surface area contributed by atoms with Crippen LogP contribution in [0.25, 0.3) is 0 Å². The molecule has 1 aromatic carbocycles. The van der Waals surface area contributed by atoms with Gasteiger partial charge >= 0.3 is 0 Å². The fourth-order valence-corrected chi connectivity index (χ4v) is 3.07. The minimum atomic E-state index is 0.0703. The van der Waals surface area contributed by atoms with Crippen LogP contribution in [-0.2, 0) is 9.59 Å². The standard InChI is InChI=1S/C17H24N2O2/c1-3-14-12-19(13(2)20)10-9-15(14)11-17(21)18-16-7-5-4-6-8-16/h4-8,14-15H,3,9-12H2,1-2H3,(H,18,21)/t14-,15-/m0/s1. The van der Waals surface area contributed by atoms with Gasteiger partial charge in [0, 0.05) is 32.1 Å². The molecule has 114 valence electrons. The number of nitrogens with zero attached hydrogens (tertiary/aromatic N) is 1. The highest BCUT2D eigenvalue weighted by Crippen LogP contribution is 2.29. The van der Waals surface area contributed by atoms with Crippen LogP contribution in [0.15, 0.2) is 30.3 Å². The van der Waals surface area contributed by atoms with E-state index in [4.69, 9.17) is 0 Å². The number of carbonyl (C=O) groups excluding carboxylic acids is 2. The Kier molecular flexibility index (Phi) is 5.37. The average molecular weight is 288 g/mol. The van der Waals surface area contributed by atoms with Crippen LogP contribution >= 0.6 is 0 Å². The minimum absolute atomic E-state index is 0.0703. The Bertz CT molecular complexity index is 487. The predicted octanol–water partition coefficient (Wildman–Crippen LogP) is 2.91. The van der Waals surface area contributed by atoms with Crippen LogP contribution in [-0.4, -0.2) is 29.8 Å². The molecule has 1 saturated heterocycles. The van der Waals surface area contributed by atoms with Gasteiger partial charge in [0.15, 0.2) is 0 Å². The Morgan fingerprint density at radius 1 is 1.24 bits per heavy atom. The zero-order valence-electron chi connectivity index (χ0n) is 12.8. The minimum Gasteiger partial charge on any atom is -0.343 e. The number of para-hydroxylation sites is 1. The number of carbonyl (C=O) groups is 2. The molecule has 4 heteroatoms. The quantitative estimate of drug-likeness (QED) is 0.926. The highest BCUT2D eigenvalue weighted by Gasteiger charge is 2.30. The van der Waals surface area contributed by atoms with Crippen LogP contribution in [0.4, 0.5) is 5.69 Å². The van der Waals surface area contributed by atoms with Gasteiger partial charge in [0.1, 0.15) is 0 Å². The first kappa shape index (κ1) is 15.5. The van der Waals surface area contributed by atoms with Gasteiger partial charge in [0.2, 0.25) is 11.8 Å². The topological polar surface area (TPSA) is 49.4 Å². The average Bonchev–Trinajstić information content (AvgIpc) is 2.48. The van der Waals surface area contributed by atoms with E-state index < -0.39 is 0 Å². The van der Waals surface area contributed by atoms with E-state index >= 15 is 0 Å². The Balaban J connectivity index is 1.89. The van der Waals surface area contributed by atoms with Gasteiger partial charge in [-0.05, 0) is 30.4 Å². The maximum absolute atomic E-state index is 12.2. The SMILES string of the molecule is CC[C@H]1CN(C(C)=O)CC[C@H]1CC(=O)Nc1ccccc1. The number of benzene rings is 1. The zero-order valence-corrected chi connectivity index (χ0v) is 12.8. The molecule has 0 unspecified atom stereocenters. The van der Waals surface area contributed by atoms with Crippen LogP contribution in [0.5, 0.6) is 0 Å². The summed E-state index contributed by atoms with van der Waals surface area (Å²) in [5.74, 6) is 1.00. The van der Waals surface area contributed by atoms with Gasteiger partial charge < -0.3 is 10.2 Å². The third kappa shape index (κ3) is 4.31. The van der Waals surface area contributed by atoms with E-state index in [-0.39, 0.29) is 11.8 Å². The molecule has 1 N–H and O–H groups in total. The molecule has 1 aliphatic rings. The summed E-state index contributed by atoms with van der Waals surface area (Å²) in [5.41, 5.74) is 0.844. The number of hydrogen-bond acceptors (Lipinski definition) is 2. The first-order valence-corrected chi connectivity index (χ1v) is 7.70. The Hall–Kier alpha value is -1.84. The molecule has 0 aromatic heterocycles. The highest BCUT2D eigenvalue weighted by molar-refractivity contribution is 5.90. The monoisotopic (exact) mass is 288 g/mol. The summed E-state index contributed by atoms with van der Waals surface area (Å²) in [6.45, 7) is 5.32. The summed E-state index contributed by atoms with van der Waals surface area (Å²) in [6, 6.07) is 9.55. The number of hydrogen-bond donors (Lipinski definition) is 1. The van der Waals surface area contributed by atoms with Gasteiger partial charge in [-0.1, -0.05) is 31.5 Å². The van der Waals surface area contributed by atoms with Crippen LogP contribution in [0.1, 0.15) is 33.1 Å². The van der Waals surface area contributed by atoms with Crippen molar-refractivity contribution in [3.8, 4) is 0 Å². The fraction of sp³-hybridized carbons (Fsp3) is 0.529. The molecule has 0 spiro atoms. The largest absolute Gasteiger partial charge is 0.343 e. The van der Waals surface area contributed by atoms with E-state index in [0.29, 0.717) is 18.3 Å². The number of piperidine rings is 1. The van der Waals surface area contributed by atoms with Gasteiger partial charge in [0.05, 0.1) is 0 Å². The lowest BCUT2D eigenvalue weighted by Crippen LogP contribution is -2.43. The molecule has 0 radical (unpaired) electrons. The van der Waals surface area contributed by atoms with Gasteiger partial charge in [-0.3, -0.25) is 9.59 Å². The fourth-order valence-electron chi connectivity index (χ4n) is 3.07. The van der Waals surface area contributed by atoms with Crippen molar-refractivity contribution in [3.05, 3.63) is 30.3 Å². The van der Waals surface area contributed by atoms with E-state index in [1.807, 2.05) is 35.2 Å². The third-order valence-electron chi connectivity index (χ3n) is 4.37. The van der Waals surface area contributed by atoms with Crippen molar-refractivity contribution >= 4 is 17.5 Å². The second-order valence-electron chi connectivity index (χ2n) is 5.80. The van der Waals surface area contributed by atoms with E-state index in [0.717, 1.165) is 31.6 Å². The van der Waals surface area contributed by atoms with E-state index in [2.05, 4.69) is 12.2 Å². The smallest absolute Gasteiger partial charge is 0.224 e. The van der Waals surface area contributed by atoms with Crippen LogP contribution in [0, 0.1) is 11.8 Å². The van der Waals surface area contributed by atoms with Crippen LogP contribution in [0.2, 0.25) is 0 Å². The molecular formula is C17H24N2O2. The Labute approximate surface area is 126 Å². The lowest BCUT2D eigenvalue weighted by molar-refractivity contribution is -0.131. The summed E-state index contributed by atoms with van der Waals surface area (Å²) in [4.78, 5) is 25.5. The first-order valence-electron chi connectivity index (χ1n) is 7.70. The molecule has 0 saturated carbocycles. The molecule has 1 heterocycles. The molecule has 4 nitrogen and oxygen atoms in total. The Morgan fingerprint density at radius 3 is 2.57 bits per heavy atom. The van der Waals surface area contributed by atoms with Gasteiger partial charge in [-0.25, -0.2) is 0 Å². The van der Waals surface area contributed by atoms with E-state index in [1.165, 1.54) is 0 Å². The molecule has 2 amide bonds. The second-order valence-corrected chi connectivity index (χ2v) is 5.80. The molecule has 0 aliphatic carbocycles. The van der Waals surface area contributed by atoms with Crippen molar-refractivity contribution in [2.24, 2.45) is 11.8 Å². The molecule has 1 aromatic rings. The lowest BCUT2D eigenvalue weighted by Gasteiger charge is -2.37.